The first-order valence-corrected chi connectivity index (χ1v) is 4.78. The van der Waals surface area contributed by atoms with Gasteiger partial charge in [-0.25, -0.2) is 0 Å². The van der Waals surface area contributed by atoms with E-state index in [1.807, 2.05) is 20.8 Å². The monoisotopic (exact) mass is 172 g/mol. The lowest BCUT2D eigenvalue weighted by atomic mass is 9.98. The molecule has 0 spiro atoms. The third-order valence-corrected chi connectivity index (χ3v) is 2.02. The van der Waals surface area contributed by atoms with Crippen molar-refractivity contribution in [3.63, 3.8) is 0 Å². The minimum absolute atomic E-state index is 0.150. The molecule has 2 unspecified atom stereocenters. The minimum atomic E-state index is -0.225. The summed E-state index contributed by atoms with van der Waals surface area (Å²) in [5.41, 5.74) is 0. The van der Waals surface area contributed by atoms with Gasteiger partial charge in [-0.05, 0) is 20.3 Å². The van der Waals surface area contributed by atoms with Crippen molar-refractivity contribution in [2.24, 2.45) is 5.92 Å². The largest absolute Gasteiger partial charge is 0.371 e. The van der Waals surface area contributed by atoms with Crippen LogP contribution in [0.15, 0.2) is 0 Å². The quantitative estimate of drug-likeness (QED) is 0.615. The molecule has 0 radical (unpaired) electrons. The second kappa shape index (κ2) is 6.18. The Bertz CT molecular complexity index is 118. The first-order chi connectivity index (χ1) is 5.63. The average molecular weight is 172 g/mol. The molecule has 0 aliphatic heterocycles. The van der Waals surface area contributed by atoms with Crippen LogP contribution >= 0.6 is 0 Å². The van der Waals surface area contributed by atoms with Gasteiger partial charge in [-0.2, -0.15) is 0 Å². The van der Waals surface area contributed by atoms with Crippen LogP contribution in [0.1, 0.15) is 40.5 Å². The van der Waals surface area contributed by atoms with Gasteiger partial charge in [-0.1, -0.05) is 20.3 Å². The van der Waals surface area contributed by atoms with Crippen LogP contribution in [0, 0.1) is 5.92 Å². The molecule has 0 saturated carbocycles. The predicted octanol–water partition coefficient (Wildman–Crippen LogP) is 2.42. The second-order valence-corrected chi connectivity index (χ2v) is 3.19. The number of ether oxygens (including phenoxy) is 1. The van der Waals surface area contributed by atoms with Crippen LogP contribution in [-0.4, -0.2) is 18.5 Å². The molecule has 0 fully saturated rings. The number of carbonyl (C=O) groups is 1. The van der Waals surface area contributed by atoms with Crippen molar-refractivity contribution in [3.05, 3.63) is 0 Å². The van der Waals surface area contributed by atoms with E-state index in [2.05, 4.69) is 6.92 Å². The zero-order chi connectivity index (χ0) is 9.56. The summed E-state index contributed by atoms with van der Waals surface area (Å²) in [4.78, 5) is 11.5. The molecule has 0 amide bonds. The molecule has 2 atom stereocenters. The summed E-state index contributed by atoms with van der Waals surface area (Å²) < 4.78 is 5.22. The van der Waals surface area contributed by atoms with Gasteiger partial charge in [0.1, 0.15) is 6.10 Å². The smallest absolute Gasteiger partial charge is 0.164 e. The van der Waals surface area contributed by atoms with Crippen molar-refractivity contribution in [3.8, 4) is 0 Å². The van der Waals surface area contributed by atoms with Crippen molar-refractivity contribution >= 4 is 5.78 Å². The third kappa shape index (κ3) is 3.86. The maximum Gasteiger partial charge on any atom is 0.164 e. The lowest BCUT2D eigenvalue weighted by Gasteiger charge is -2.15. The molecule has 0 aliphatic carbocycles. The van der Waals surface area contributed by atoms with Crippen molar-refractivity contribution < 1.29 is 9.53 Å². The summed E-state index contributed by atoms with van der Waals surface area (Å²) in [7, 11) is 0. The van der Waals surface area contributed by atoms with Gasteiger partial charge >= 0.3 is 0 Å². The number of Topliss-reactive ketones (excluding diaryl/α,β-unsaturated/α-hetero) is 1. The lowest BCUT2D eigenvalue weighted by molar-refractivity contribution is -0.133. The highest BCUT2D eigenvalue weighted by molar-refractivity contribution is 5.84. The predicted molar refractivity (Wildman–Crippen MR) is 50.2 cm³/mol. The fourth-order valence-corrected chi connectivity index (χ4v) is 1.31. The van der Waals surface area contributed by atoms with Crippen LogP contribution in [-0.2, 0) is 9.53 Å². The molecule has 2 nitrogen and oxygen atoms in total. The molecule has 72 valence electrons. The van der Waals surface area contributed by atoms with Gasteiger partial charge in [0, 0.05) is 12.5 Å². The Morgan fingerprint density at radius 3 is 2.33 bits per heavy atom. The van der Waals surface area contributed by atoms with E-state index in [0.717, 1.165) is 12.8 Å². The van der Waals surface area contributed by atoms with Crippen LogP contribution in [0.2, 0.25) is 0 Å². The SMILES string of the molecule is CCCC(C)C(=O)C(C)OCC. The summed E-state index contributed by atoms with van der Waals surface area (Å²) in [6.07, 6.45) is 1.80. The molecular weight excluding hydrogens is 152 g/mol. The van der Waals surface area contributed by atoms with Gasteiger partial charge in [0.25, 0.3) is 0 Å². The van der Waals surface area contributed by atoms with E-state index < -0.39 is 0 Å². The Hall–Kier alpha value is -0.370. The Kier molecular flexibility index (Phi) is 5.99. The molecule has 2 heteroatoms. The van der Waals surface area contributed by atoms with Crippen LogP contribution in [0.25, 0.3) is 0 Å². The lowest BCUT2D eigenvalue weighted by Crippen LogP contribution is -2.26. The molecule has 0 aliphatic rings. The highest BCUT2D eigenvalue weighted by Gasteiger charge is 2.18. The second-order valence-electron chi connectivity index (χ2n) is 3.19. The molecular formula is C10H20O2. The first kappa shape index (κ1) is 11.6. The zero-order valence-electron chi connectivity index (χ0n) is 8.59. The molecule has 0 aromatic carbocycles. The van der Waals surface area contributed by atoms with Crippen molar-refractivity contribution in [1.82, 2.24) is 0 Å². The number of hydrogen-bond donors (Lipinski definition) is 0. The van der Waals surface area contributed by atoms with E-state index in [1.165, 1.54) is 0 Å². The number of ketones is 1. The summed E-state index contributed by atoms with van der Waals surface area (Å²) in [5, 5.41) is 0. The normalized spacial score (nSPS) is 15.7. The van der Waals surface area contributed by atoms with E-state index in [9.17, 15) is 4.79 Å². The van der Waals surface area contributed by atoms with Gasteiger partial charge in [-0.3, -0.25) is 4.79 Å². The van der Waals surface area contributed by atoms with Crippen LogP contribution in [0.5, 0.6) is 0 Å². The Morgan fingerprint density at radius 2 is 1.92 bits per heavy atom. The zero-order valence-corrected chi connectivity index (χ0v) is 8.59. The fourth-order valence-electron chi connectivity index (χ4n) is 1.31. The Balaban J connectivity index is 3.82. The van der Waals surface area contributed by atoms with Crippen molar-refractivity contribution in [2.45, 2.75) is 46.6 Å². The van der Waals surface area contributed by atoms with E-state index >= 15 is 0 Å². The van der Waals surface area contributed by atoms with Crippen molar-refractivity contribution in [2.75, 3.05) is 6.61 Å². The molecule has 0 saturated heterocycles. The number of rotatable bonds is 6. The maximum absolute atomic E-state index is 11.5. The number of carbonyl (C=O) groups excluding carboxylic acids is 1. The molecule has 0 aromatic heterocycles. The molecule has 0 heterocycles. The summed E-state index contributed by atoms with van der Waals surface area (Å²) in [6.45, 7) is 8.43. The van der Waals surface area contributed by atoms with Gasteiger partial charge in [-0.15, -0.1) is 0 Å². The van der Waals surface area contributed by atoms with Crippen LogP contribution < -0.4 is 0 Å². The van der Waals surface area contributed by atoms with Gasteiger partial charge < -0.3 is 4.74 Å². The Labute approximate surface area is 75.3 Å². The average Bonchev–Trinajstić information content (AvgIpc) is 2.04. The van der Waals surface area contributed by atoms with E-state index in [1.54, 1.807) is 0 Å². The van der Waals surface area contributed by atoms with E-state index in [4.69, 9.17) is 4.74 Å². The fraction of sp³-hybridized carbons (Fsp3) is 0.900. The molecule has 0 bridgehead atoms. The minimum Gasteiger partial charge on any atom is -0.371 e. The van der Waals surface area contributed by atoms with Crippen LogP contribution in [0.4, 0.5) is 0 Å². The van der Waals surface area contributed by atoms with Crippen molar-refractivity contribution in [1.29, 1.82) is 0 Å². The molecule has 12 heavy (non-hydrogen) atoms. The highest BCUT2D eigenvalue weighted by Crippen LogP contribution is 2.10. The summed E-state index contributed by atoms with van der Waals surface area (Å²) in [6, 6.07) is 0. The van der Waals surface area contributed by atoms with E-state index in [-0.39, 0.29) is 17.8 Å². The van der Waals surface area contributed by atoms with Gasteiger partial charge in [0.15, 0.2) is 5.78 Å². The Morgan fingerprint density at radius 1 is 1.33 bits per heavy atom. The van der Waals surface area contributed by atoms with Gasteiger partial charge in [0.2, 0.25) is 0 Å². The third-order valence-electron chi connectivity index (χ3n) is 2.02. The van der Waals surface area contributed by atoms with Crippen LogP contribution in [0.3, 0.4) is 0 Å². The first-order valence-electron chi connectivity index (χ1n) is 4.78. The molecule has 0 rings (SSSR count). The maximum atomic E-state index is 11.5. The highest BCUT2D eigenvalue weighted by atomic mass is 16.5. The summed E-state index contributed by atoms with van der Waals surface area (Å²) >= 11 is 0. The summed E-state index contributed by atoms with van der Waals surface area (Å²) in [5.74, 6) is 0.384. The standard InChI is InChI=1S/C10H20O2/c1-5-7-8(3)10(11)9(4)12-6-2/h8-9H,5-7H2,1-4H3. The molecule has 0 aromatic rings. The number of hydrogen-bond acceptors (Lipinski definition) is 2. The topological polar surface area (TPSA) is 26.3 Å². The van der Waals surface area contributed by atoms with Gasteiger partial charge in [0.05, 0.1) is 0 Å². The molecule has 0 N–H and O–H groups in total. The van der Waals surface area contributed by atoms with E-state index in [0.29, 0.717) is 6.61 Å².